The van der Waals surface area contributed by atoms with Gasteiger partial charge in [-0.05, 0) is 45.0 Å². The molecule has 0 unspecified atom stereocenters. The van der Waals surface area contributed by atoms with Crippen molar-refractivity contribution in [3.63, 3.8) is 0 Å². The van der Waals surface area contributed by atoms with E-state index in [0.29, 0.717) is 18.2 Å². The predicted octanol–water partition coefficient (Wildman–Crippen LogP) is 1.17. The van der Waals surface area contributed by atoms with Crippen LogP contribution in [0.2, 0.25) is 0 Å². The van der Waals surface area contributed by atoms with Crippen LogP contribution in [0, 0.1) is 0 Å². The van der Waals surface area contributed by atoms with Gasteiger partial charge in [-0.25, -0.2) is 14.8 Å². The van der Waals surface area contributed by atoms with Crippen molar-refractivity contribution in [1.29, 1.82) is 0 Å². The number of hydrogen-bond donors (Lipinski definition) is 0. The van der Waals surface area contributed by atoms with E-state index in [4.69, 9.17) is 4.52 Å². The van der Waals surface area contributed by atoms with Gasteiger partial charge < -0.3 is 4.90 Å². The molecule has 3 rings (SSSR count). The molecule has 0 spiro atoms. The Hall–Kier alpha value is -2.02. The fraction of sp³-hybridized carbons (Fsp3) is 0.571. The van der Waals surface area contributed by atoms with E-state index in [2.05, 4.69) is 20.0 Å². The molecule has 1 fully saturated rings. The minimum Gasteiger partial charge on any atom is -0.303 e. The SMILES string of the molecule is O=c1onc(-c2ncccn2)n1CCCN1CCCCC1. The maximum absolute atomic E-state index is 11.8. The van der Waals surface area contributed by atoms with Gasteiger partial charge >= 0.3 is 5.76 Å². The number of piperidine rings is 1. The number of hydrogen-bond acceptors (Lipinski definition) is 6. The molecule has 2 aromatic heterocycles. The van der Waals surface area contributed by atoms with Gasteiger partial charge in [-0.1, -0.05) is 11.6 Å². The molecule has 0 amide bonds. The first-order chi connectivity index (χ1) is 10.3. The van der Waals surface area contributed by atoms with Crippen LogP contribution in [0.1, 0.15) is 25.7 Å². The molecule has 0 bridgehead atoms. The first kappa shape index (κ1) is 13.9. The zero-order valence-corrected chi connectivity index (χ0v) is 11.9. The lowest BCUT2D eigenvalue weighted by molar-refractivity contribution is 0.222. The number of rotatable bonds is 5. The molecule has 1 aliphatic heterocycles. The van der Waals surface area contributed by atoms with E-state index in [-0.39, 0.29) is 0 Å². The molecule has 7 heteroatoms. The quantitative estimate of drug-likeness (QED) is 0.822. The Kier molecular flexibility index (Phi) is 4.40. The third-order valence-corrected chi connectivity index (χ3v) is 3.76. The van der Waals surface area contributed by atoms with Crippen LogP contribution in [0.4, 0.5) is 0 Å². The molecule has 0 aromatic carbocycles. The van der Waals surface area contributed by atoms with Gasteiger partial charge in [-0.3, -0.25) is 9.09 Å². The summed E-state index contributed by atoms with van der Waals surface area (Å²) in [7, 11) is 0. The summed E-state index contributed by atoms with van der Waals surface area (Å²) in [5.41, 5.74) is 0. The fourth-order valence-electron chi connectivity index (χ4n) is 2.68. The van der Waals surface area contributed by atoms with Crippen molar-refractivity contribution in [2.45, 2.75) is 32.2 Å². The number of aromatic nitrogens is 4. The molecule has 0 radical (unpaired) electrons. The average molecular weight is 289 g/mol. The van der Waals surface area contributed by atoms with Crippen molar-refractivity contribution in [3.8, 4) is 11.6 Å². The zero-order valence-electron chi connectivity index (χ0n) is 11.9. The summed E-state index contributed by atoms with van der Waals surface area (Å²) in [6.45, 7) is 3.89. The molecule has 112 valence electrons. The Morgan fingerprint density at radius 2 is 1.86 bits per heavy atom. The van der Waals surface area contributed by atoms with Crippen molar-refractivity contribution in [1.82, 2.24) is 24.6 Å². The van der Waals surface area contributed by atoms with Crippen LogP contribution >= 0.6 is 0 Å². The molecule has 0 aliphatic carbocycles. The van der Waals surface area contributed by atoms with Crippen molar-refractivity contribution >= 4 is 0 Å². The molecule has 7 nitrogen and oxygen atoms in total. The predicted molar refractivity (Wildman–Crippen MR) is 76.7 cm³/mol. The summed E-state index contributed by atoms with van der Waals surface area (Å²) >= 11 is 0. The largest absolute Gasteiger partial charge is 0.441 e. The molecule has 3 heterocycles. The van der Waals surface area contributed by atoms with Gasteiger partial charge in [0.15, 0.2) is 5.82 Å². The lowest BCUT2D eigenvalue weighted by Crippen LogP contribution is -2.31. The topological polar surface area (TPSA) is 77.0 Å². The van der Waals surface area contributed by atoms with Crippen LogP contribution in [-0.4, -0.2) is 44.2 Å². The summed E-state index contributed by atoms with van der Waals surface area (Å²) in [4.78, 5) is 22.4. The van der Waals surface area contributed by atoms with E-state index in [9.17, 15) is 4.79 Å². The van der Waals surface area contributed by atoms with E-state index >= 15 is 0 Å². The highest BCUT2D eigenvalue weighted by Gasteiger charge is 2.15. The Morgan fingerprint density at radius 1 is 1.10 bits per heavy atom. The van der Waals surface area contributed by atoms with Gasteiger partial charge in [-0.2, -0.15) is 0 Å². The van der Waals surface area contributed by atoms with Crippen molar-refractivity contribution in [2.75, 3.05) is 19.6 Å². The molecule has 2 aromatic rings. The summed E-state index contributed by atoms with van der Waals surface area (Å²) in [5, 5.41) is 3.79. The number of likely N-dealkylation sites (tertiary alicyclic amines) is 1. The molecule has 21 heavy (non-hydrogen) atoms. The average Bonchev–Trinajstić information content (AvgIpc) is 2.91. The van der Waals surface area contributed by atoms with E-state index in [1.807, 2.05) is 0 Å². The van der Waals surface area contributed by atoms with Crippen LogP contribution in [0.3, 0.4) is 0 Å². The summed E-state index contributed by atoms with van der Waals surface area (Å²) in [6.07, 6.45) is 8.02. The molecule has 0 atom stereocenters. The second-order valence-corrected chi connectivity index (χ2v) is 5.25. The second kappa shape index (κ2) is 6.62. The van der Waals surface area contributed by atoms with Gasteiger partial charge in [0.1, 0.15) is 0 Å². The lowest BCUT2D eigenvalue weighted by Gasteiger charge is -2.26. The molecular weight excluding hydrogens is 270 g/mol. The zero-order chi connectivity index (χ0) is 14.5. The standard InChI is InChI=1S/C14H19N5O2/c20-14-19(11-5-10-18-8-2-1-3-9-18)13(17-21-14)12-15-6-4-7-16-12/h4,6-7H,1-3,5,8-11H2. The van der Waals surface area contributed by atoms with E-state index in [0.717, 1.165) is 26.1 Å². The summed E-state index contributed by atoms with van der Waals surface area (Å²) < 4.78 is 6.27. The van der Waals surface area contributed by atoms with Gasteiger partial charge in [0.05, 0.1) is 0 Å². The van der Waals surface area contributed by atoms with Gasteiger partial charge in [0.2, 0.25) is 5.82 Å². The van der Waals surface area contributed by atoms with E-state index < -0.39 is 5.76 Å². The van der Waals surface area contributed by atoms with Crippen LogP contribution in [0.25, 0.3) is 11.6 Å². The third kappa shape index (κ3) is 3.36. The van der Waals surface area contributed by atoms with Crippen LogP contribution < -0.4 is 5.76 Å². The Balaban J connectivity index is 1.65. The van der Waals surface area contributed by atoms with Crippen LogP contribution in [0.15, 0.2) is 27.8 Å². The minimum absolute atomic E-state index is 0.402. The summed E-state index contributed by atoms with van der Waals surface area (Å²) in [6, 6.07) is 1.72. The number of nitrogens with zero attached hydrogens (tertiary/aromatic N) is 5. The van der Waals surface area contributed by atoms with E-state index in [1.165, 1.54) is 23.8 Å². The molecular formula is C14H19N5O2. The second-order valence-electron chi connectivity index (χ2n) is 5.25. The van der Waals surface area contributed by atoms with E-state index in [1.54, 1.807) is 18.5 Å². The molecule has 1 aliphatic rings. The minimum atomic E-state index is -0.448. The van der Waals surface area contributed by atoms with Gasteiger partial charge in [0, 0.05) is 18.9 Å². The monoisotopic (exact) mass is 289 g/mol. The first-order valence-corrected chi connectivity index (χ1v) is 7.41. The molecule has 1 saturated heterocycles. The lowest BCUT2D eigenvalue weighted by atomic mass is 10.1. The van der Waals surface area contributed by atoms with Gasteiger partial charge in [-0.15, -0.1) is 0 Å². The molecule has 0 N–H and O–H groups in total. The maximum Gasteiger partial charge on any atom is 0.441 e. The normalized spacial score (nSPS) is 16.2. The van der Waals surface area contributed by atoms with Gasteiger partial charge in [0.25, 0.3) is 0 Å². The fourth-order valence-corrected chi connectivity index (χ4v) is 2.68. The highest BCUT2D eigenvalue weighted by atomic mass is 16.5. The third-order valence-electron chi connectivity index (χ3n) is 3.76. The summed E-state index contributed by atoms with van der Waals surface area (Å²) in [5.74, 6) is 0.372. The molecule has 0 saturated carbocycles. The van der Waals surface area contributed by atoms with Crippen molar-refractivity contribution in [3.05, 3.63) is 29.0 Å². The van der Waals surface area contributed by atoms with Crippen LogP contribution in [-0.2, 0) is 6.54 Å². The highest BCUT2D eigenvalue weighted by Crippen LogP contribution is 2.11. The Bertz CT molecular complexity index is 616. The van der Waals surface area contributed by atoms with Crippen LogP contribution in [0.5, 0.6) is 0 Å². The smallest absolute Gasteiger partial charge is 0.303 e. The van der Waals surface area contributed by atoms with Crippen molar-refractivity contribution in [2.24, 2.45) is 0 Å². The highest BCUT2D eigenvalue weighted by molar-refractivity contribution is 5.41. The van der Waals surface area contributed by atoms with Crippen molar-refractivity contribution < 1.29 is 4.52 Å². The first-order valence-electron chi connectivity index (χ1n) is 7.41. The Labute approximate surface area is 122 Å². The Morgan fingerprint density at radius 3 is 2.62 bits per heavy atom. The maximum atomic E-state index is 11.8.